The quantitative estimate of drug-likeness (QED) is 0.689. The van der Waals surface area contributed by atoms with Gasteiger partial charge >= 0.3 is 0 Å². The minimum Gasteiger partial charge on any atom is -0.472 e. The highest BCUT2D eigenvalue weighted by Crippen LogP contribution is 2.27. The highest BCUT2D eigenvalue weighted by molar-refractivity contribution is 5.97. The van der Waals surface area contributed by atoms with E-state index < -0.39 is 6.10 Å². The second-order valence-corrected chi connectivity index (χ2v) is 9.18. The van der Waals surface area contributed by atoms with Crippen molar-refractivity contribution >= 4 is 11.8 Å². The Kier molecular flexibility index (Phi) is 8.30. The number of pyridine rings is 1. The number of ether oxygens (including phenoxy) is 1. The van der Waals surface area contributed by atoms with Crippen molar-refractivity contribution in [2.24, 2.45) is 11.8 Å². The molecule has 3 rings (SSSR count). The molecule has 1 aromatic carbocycles. The number of carbonyl (C=O) groups is 2. The zero-order chi connectivity index (χ0) is 24.8. The molecule has 2 amide bonds. The van der Waals surface area contributed by atoms with Gasteiger partial charge in [-0.15, -0.1) is 0 Å². The summed E-state index contributed by atoms with van der Waals surface area (Å²) in [6.45, 7) is 8.30. The van der Waals surface area contributed by atoms with Gasteiger partial charge in [-0.3, -0.25) is 9.59 Å². The fraction of sp³-hybridized carbons (Fsp3) is 0.444. The van der Waals surface area contributed by atoms with Crippen molar-refractivity contribution in [3.8, 4) is 17.7 Å². The summed E-state index contributed by atoms with van der Waals surface area (Å²) in [7, 11) is 1.74. The first kappa shape index (κ1) is 25.3. The number of likely N-dealkylation sites (N-methyl/N-ethyl adjacent to an activating group) is 1. The molecule has 2 aromatic rings. The Balaban J connectivity index is 1.95. The molecule has 1 aromatic heterocycles. The lowest BCUT2D eigenvalue weighted by atomic mass is 9.99. The summed E-state index contributed by atoms with van der Waals surface area (Å²) in [5.74, 6) is 6.06. The first-order chi connectivity index (χ1) is 16.2. The summed E-state index contributed by atoms with van der Waals surface area (Å²) in [6.07, 6.45) is 1.20. The van der Waals surface area contributed by atoms with Crippen LogP contribution in [0.5, 0.6) is 5.88 Å². The standard InChI is InChI=1S/C27H33N3O4/c1-18(2)11-12-21-13-23-25(28-14-21)34-24(19(3)15-30(27(23)33)20(4)17-31)16-29(5)26(32)22-9-7-6-8-10-22/h6-10,13-14,18-20,24,31H,15-17H2,1-5H3/t19-,20-,24+/m1/s1. The van der Waals surface area contributed by atoms with Crippen LogP contribution in [0.2, 0.25) is 0 Å². The van der Waals surface area contributed by atoms with Crippen LogP contribution >= 0.6 is 0 Å². The summed E-state index contributed by atoms with van der Waals surface area (Å²) in [5.41, 5.74) is 1.54. The lowest BCUT2D eigenvalue weighted by Crippen LogP contribution is -2.50. The van der Waals surface area contributed by atoms with Crippen molar-refractivity contribution in [3.05, 3.63) is 59.3 Å². The maximum absolute atomic E-state index is 13.4. The fourth-order valence-electron chi connectivity index (χ4n) is 3.77. The molecule has 34 heavy (non-hydrogen) atoms. The Bertz CT molecular complexity index is 1070. The lowest BCUT2D eigenvalue weighted by Gasteiger charge is -2.37. The van der Waals surface area contributed by atoms with Crippen molar-refractivity contribution in [1.82, 2.24) is 14.8 Å². The molecule has 0 unspecified atom stereocenters. The van der Waals surface area contributed by atoms with Gasteiger partial charge in [0.05, 0.1) is 19.2 Å². The van der Waals surface area contributed by atoms with E-state index in [9.17, 15) is 14.7 Å². The molecule has 7 nitrogen and oxygen atoms in total. The predicted molar refractivity (Wildman–Crippen MR) is 131 cm³/mol. The van der Waals surface area contributed by atoms with Crippen LogP contribution < -0.4 is 4.74 Å². The summed E-state index contributed by atoms with van der Waals surface area (Å²) >= 11 is 0. The van der Waals surface area contributed by atoms with Crippen LogP contribution in [0.25, 0.3) is 0 Å². The average molecular weight is 464 g/mol. The minimum absolute atomic E-state index is 0.109. The molecule has 3 atom stereocenters. The summed E-state index contributed by atoms with van der Waals surface area (Å²) in [6, 6.07) is 10.4. The molecule has 0 bridgehead atoms. The van der Waals surface area contributed by atoms with E-state index in [4.69, 9.17) is 4.74 Å². The first-order valence-electron chi connectivity index (χ1n) is 11.6. The van der Waals surface area contributed by atoms with Gasteiger partial charge in [0.15, 0.2) is 0 Å². The van der Waals surface area contributed by atoms with Crippen molar-refractivity contribution in [3.63, 3.8) is 0 Å². The maximum Gasteiger partial charge on any atom is 0.259 e. The van der Waals surface area contributed by atoms with Crippen LogP contribution in [0, 0.1) is 23.7 Å². The van der Waals surface area contributed by atoms with Gasteiger partial charge in [-0.1, -0.05) is 50.8 Å². The van der Waals surface area contributed by atoms with Gasteiger partial charge in [-0.25, -0.2) is 4.98 Å². The maximum atomic E-state index is 13.4. The van der Waals surface area contributed by atoms with Gasteiger partial charge in [-0.2, -0.15) is 0 Å². The third kappa shape index (κ3) is 5.95. The number of fused-ring (bicyclic) bond motifs is 1. The highest BCUT2D eigenvalue weighted by Gasteiger charge is 2.34. The molecule has 180 valence electrons. The van der Waals surface area contributed by atoms with Crippen molar-refractivity contribution in [2.75, 3.05) is 26.7 Å². The monoisotopic (exact) mass is 463 g/mol. The van der Waals surface area contributed by atoms with E-state index in [0.717, 1.165) is 0 Å². The molecule has 0 aliphatic carbocycles. The van der Waals surface area contributed by atoms with Gasteiger partial charge in [0.25, 0.3) is 11.8 Å². The zero-order valence-electron chi connectivity index (χ0n) is 20.5. The molecule has 0 radical (unpaired) electrons. The molecule has 1 N–H and O–H groups in total. The summed E-state index contributed by atoms with van der Waals surface area (Å²) in [5, 5.41) is 9.80. The van der Waals surface area contributed by atoms with Crippen LogP contribution in [0.15, 0.2) is 42.6 Å². The fourth-order valence-corrected chi connectivity index (χ4v) is 3.77. The summed E-state index contributed by atoms with van der Waals surface area (Å²) in [4.78, 5) is 34.0. The van der Waals surface area contributed by atoms with Crippen LogP contribution in [-0.4, -0.2) is 70.6 Å². The number of rotatable bonds is 5. The number of hydrogen-bond donors (Lipinski definition) is 1. The van der Waals surface area contributed by atoms with Crippen LogP contribution in [-0.2, 0) is 0 Å². The normalized spacial score (nSPS) is 18.7. The minimum atomic E-state index is -0.405. The second-order valence-electron chi connectivity index (χ2n) is 9.18. The van der Waals surface area contributed by atoms with Crippen LogP contribution in [0.3, 0.4) is 0 Å². The van der Waals surface area contributed by atoms with E-state index in [1.807, 2.05) is 45.9 Å². The van der Waals surface area contributed by atoms with Crippen LogP contribution in [0.1, 0.15) is 54.0 Å². The Morgan fingerprint density at radius 1 is 1.29 bits per heavy atom. The number of aliphatic hydroxyl groups excluding tert-OH is 1. The van der Waals surface area contributed by atoms with E-state index in [1.165, 1.54) is 0 Å². The molecule has 1 aliphatic rings. The molecule has 7 heteroatoms. The smallest absolute Gasteiger partial charge is 0.259 e. The third-order valence-electron chi connectivity index (χ3n) is 5.85. The van der Waals surface area contributed by atoms with Crippen molar-refractivity contribution < 1.29 is 19.4 Å². The van der Waals surface area contributed by atoms with E-state index in [-0.39, 0.29) is 42.2 Å². The van der Waals surface area contributed by atoms with Crippen LogP contribution in [0.4, 0.5) is 0 Å². The van der Waals surface area contributed by atoms with E-state index in [1.54, 1.807) is 41.2 Å². The van der Waals surface area contributed by atoms with Gasteiger partial charge < -0.3 is 19.6 Å². The zero-order valence-corrected chi connectivity index (χ0v) is 20.5. The van der Waals surface area contributed by atoms with Gasteiger partial charge in [0.2, 0.25) is 5.88 Å². The van der Waals surface area contributed by atoms with E-state index in [0.29, 0.717) is 29.8 Å². The molecular weight excluding hydrogens is 430 g/mol. The lowest BCUT2D eigenvalue weighted by molar-refractivity contribution is 0.0313. The second kappa shape index (κ2) is 11.2. The molecule has 0 fully saturated rings. The average Bonchev–Trinajstić information content (AvgIpc) is 2.84. The number of carbonyl (C=O) groups excluding carboxylic acids is 2. The molecule has 2 heterocycles. The number of benzene rings is 1. The molecule has 0 saturated heterocycles. The van der Waals surface area contributed by atoms with Gasteiger partial charge in [0.1, 0.15) is 11.7 Å². The Hall–Kier alpha value is -3.37. The van der Waals surface area contributed by atoms with Crippen molar-refractivity contribution in [1.29, 1.82) is 0 Å². The topological polar surface area (TPSA) is 83.0 Å². The molecular formula is C27H33N3O4. The Morgan fingerprint density at radius 3 is 2.65 bits per heavy atom. The first-order valence-corrected chi connectivity index (χ1v) is 11.6. The SMILES string of the molecule is CC(C)C#Cc1cnc2c(c1)C(=O)N([C@H](C)CO)C[C@@H](C)[C@H](CN(C)C(=O)c1ccccc1)O2. The number of hydrogen-bond acceptors (Lipinski definition) is 5. The van der Waals surface area contributed by atoms with Gasteiger partial charge in [-0.05, 0) is 25.1 Å². The predicted octanol–water partition coefficient (Wildman–Crippen LogP) is 3.08. The molecule has 0 spiro atoms. The van der Waals surface area contributed by atoms with E-state index in [2.05, 4.69) is 16.8 Å². The highest BCUT2D eigenvalue weighted by atomic mass is 16.5. The molecule has 0 saturated carbocycles. The Labute approximate surface area is 201 Å². The number of aliphatic hydroxyl groups is 1. The van der Waals surface area contributed by atoms with E-state index >= 15 is 0 Å². The number of aromatic nitrogens is 1. The van der Waals surface area contributed by atoms with Crippen molar-refractivity contribution in [2.45, 2.75) is 39.8 Å². The third-order valence-corrected chi connectivity index (χ3v) is 5.85. The number of nitrogens with zero attached hydrogens (tertiary/aromatic N) is 3. The molecule has 1 aliphatic heterocycles. The van der Waals surface area contributed by atoms with Gasteiger partial charge in [0, 0.05) is 42.8 Å². The Morgan fingerprint density at radius 2 is 2.00 bits per heavy atom. The number of amides is 2. The largest absolute Gasteiger partial charge is 0.472 e. The summed E-state index contributed by atoms with van der Waals surface area (Å²) < 4.78 is 6.26.